The summed E-state index contributed by atoms with van der Waals surface area (Å²) >= 11 is 0. The second-order valence-electron chi connectivity index (χ2n) is 4.00. The summed E-state index contributed by atoms with van der Waals surface area (Å²) in [4.78, 5) is 13.2. The van der Waals surface area contributed by atoms with Crippen molar-refractivity contribution in [3.05, 3.63) is 23.3 Å². The number of amides is 1. The van der Waals surface area contributed by atoms with Crippen molar-refractivity contribution in [2.45, 2.75) is 19.9 Å². The minimum Gasteiger partial charge on any atom is -0.496 e. The number of hydrogen-bond donors (Lipinski definition) is 1. The molecular formula is C12H16N2O2. The summed E-state index contributed by atoms with van der Waals surface area (Å²) in [6, 6.07) is 3.72. The molecule has 0 aromatic heterocycles. The first-order chi connectivity index (χ1) is 7.63. The van der Waals surface area contributed by atoms with Crippen molar-refractivity contribution < 1.29 is 9.53 Å². The van der Waals surface area contributed by atoms with Gasteiger partial charge in [0.15, 0.2) is 0 Å². The quantitative estimate of drug-likeness (QED) is 0.723. The van der Waals surface area contributed by atoms with E-state index in [1.807, 2.05) is 17.0 Å². The Morgan fingerprint density at radius 1 is 1.44 bits per heavy atom. The molecule has 4 nitrogen and oxygen atoms in total. The summed E-state index contributed by atoms with van der Waals surface area (Å²) in [6.45, 7) is 2.92. The first-order valence-electron chi connectivity index (χ1n) is 5.33. The van der Waals surface area contributed by atoms with E-state index in [1.54, 1.807) is 14.0 Å². The Labute approximate surface area is 95.0 Å². The average molecular weight is 220 g/mol. The Morgan fingerprint density at radius 3 is 2.81 bits per heavy atom. The van der Waals surface area contributed by atoms with E-state index in [0.29, 0.717) is 6.54 Å². The van der Waals surface area contributed by atoms with E-state index in [2.05, 4.69) is 0 Å². The van der Waals surface area contributed by atoms with Gasteiger partial charge in [0, 0.05) is 31.3 Å². The van der Waals surface area contributed by atoms with Crippen LogP contribution in [0.3, 0.4) is 0 Å². The van der Waals surface area contributed by atoms with Crippen LogP contribution in [0.15, 0.2) is 12.1 Å². The smallest absolute Gasteiger partial charge is 0.219 e. The number of hydrogen-bond acceptors (Lipinski definition) is 3. The first-order valence-corrected chi connectivity index (χ1v) is 5.33. The van der Waals surface area contributed by atoms with Crippen LogP contribution in [-0.4, -0.2) is 24.5 Å². The van der Waals surface area contributed by atoms with Crippen LogP contribution < -0.4 is 10.5 Å². The number of nitrogens with zero attached hydrogens (tertiary/aromatic N) is 1. The Kier molecular flexibility index (Phi) is 2.73. The van der Waals surface area contributed by atoms with Crippen LogP contribution in [-0.2, 0) is 17.8 Å². The molecule has 0 aliphatic carbocycles. The molecule has 2 N–H and O–H groups in total. The number of benzene rings is 1. The second-order valence-corrected chi connectivity index (χ2v) is 4.00. The van der Waals surface area contributed by atoms with Gasteiger partial charge in [-0.15, -0.1) is 0 Å². The highest BCUT2D eigenvalue weighted by Gasteiger charge is 2.22. The highest BCUT2D eigenvalue weighted by molar-refractivity contribution is 5.74. The van der Waals surface area contributed by atoms with Crippen molar-refractivity contribution in [2.24, 2.45) is 0 Å². The maximum atomic E-state index is 11.3. The molecule has 86 valence electrons. The summed E-state index contributed by atoms with van der Waals surface area (Å²) in [5.74, 6) is 0.908. The Morgan fingerprint density at radius 2 is 2.19 bits per heavy atom. The van der Waals surface area contributed by atoms with Gasteiger partial charge >= 0.3 is 0 Å². The molecule has 0 fully saturated rings. The molecule has 1 amide bonds. The van der Waals surface area contributed by atoms with E-state index in [4.69, 9.17) is 10.5 Å². The molecule has 0 spiro atoms. The first kappa shape index (κ1) is 10.8. The molecule has 2 rings (SSSR count). The van der Waals surface area contributed by atoms with Crippen molar-refractivity contribution >= 4 is 11.6 Å². The number of rotatable bonds is 1. The largest absolute Gasteiger partial charge is 0.496 e. The van der Waals surface area contributed by atoms with Crippen LogP contribution in [0.4, 0.5) is 5.69 Å². The standard InChI is InChI=1S/C12H16N2O2/c1-8(15)14-6-5-9-10(7-14)12(16-2)4-3-11(9)13/h3-4H,5-7,13H2,1-2H3. The van der Waals surface area contributed by atoms with E-state index in [0.717, 1.165) is 35.5 Å². The predicted molar refractivity (Wildman–Crippen MR) is 62.2 cm³/mol. The lowest BCUT2D eigenvalue weighted by Crippen LogP contribution is -2.34. The van der Waals surface area contributed by atoms with Crippen molar-refractivity contribution in [3.63, 3.8) is 0 Å². The van der Waals surface area contributed by atoms with E-state index in [1.165, 1.54) is 0 Å². The Hall–Kier alpha value is -1.71. The zero-order valence-electron chi connectivity index (χ0n) is 9.62. The molecule has 0 atom stereocenters. The maximum absolute atomic E-state index is 11.3. The third-order valence-corrected chi connectivity index (χ3v) is 3.07. The van der Waals surface area contributed by atoms with Crippen molar-refractivity contribution in [2.75, 3.05) is 19.4 Å². The van der Waals surface area contributed by atoms with Crippen LogP contribution in [0, 0.1) is 0 Å². The van der Waals surface area contributed by atoms with Gasteiger partial charge in [-0.1, -0.05) is 0 Å². The lowest BCUT2D eigenvalue weighted by molar-refractivity contribution is -0.129. The van der Waals surface area contributed by atoms with Crippen LogP contribution in [0.1, 0.15) is 18.1 Å². The fourth-order valence-corrected chi connectivity index (χ4v) is 2.13. The SMILES string of the molecule is COc1ccc(N)c2c1CN(C(C)=O)CC2. The molecule has 0 bridgehead atoms. The third-order valence-electron chi connectivity index (χ3n) is 3.07. The van der Waals surface area contributed by atoms with E-state index < -0.39 is 0 Å². The van der Waals surface area contributed by atoms with Crippen molar-refractivity contribution in [3.8, 4) is 5.75 Å². The van der Waals surface area contributed by atoms with Crippen molar-refractivity contribution in [1.82, 2.24) is 4.90 Å². The number of ether oxygens (including phenoxy) is 1. The zero-order chi connectivity index (χ0) is 11.7. The number of carbonyl (C=O) groups is 1. The Balaban J connectivity index is 2.42. The van der Waals surface area contributed by atoms with Gasteiger partial charge in [0.05, 0.1) is 7.11 Å². The minimum atomic E-state index is 0.0927. The van der Waals surface area contributed by atoms with Gasteiger partial charge in [0.2, 0.25) is 5.91 Å². The van der Waals surface area contributed by atoms with Gasteiger partial charge in [-0.05, 0) is 24.1 Å². The maximum Gasteiger partial charge on any atom is 0.219 e. The number of nitrogens with two attached hydrogens (primary N) is 1. The third kappa shape index (κ3) is 1.71. The number of anilines is 1. The molecule has 0 saturated heterocycles. The molecule has 4 heteroatoms. The van der Waals surface area contributed by atoms with Crippen LogP contribution in [0.2, 0.25) is 0 Å². The average Bonchev–Trinajstić information content (AvgIpc) is 2.29. The van der Waals surface area contributed by atoms with Crippen LogP contribution in [0.25, 0.3) is 0 Å². The Bertz CT molecular complexity index is 429. The number of nitrogen functional groups attached to an aromatic ring is 1. The van der Waals surface area contributed by atoms with E-state index >= 15 is 0 Å². The molecule has 16 heavy (non-hydrogen) atoms. The van der Waals surface area contributed by atoms with E-state index in [-0.39, 0.29) is 5.91 Å². The van der Waals surface area contributed by atoms with Gasteiger partial charge in [-0.3, -0.25) is 4.79 Å². The summed E-state index contributed by atoms with van der Waals surface area (Å²) < 4.78 is 5.30. The number of fused-ring (bicyclic) bond motifs is 1. The molecule has 0 radical (unpaired) electrons. The number of methoxy groups -OCH3 is 1. The molecular weight excluding hydrogens is 204 g/mol. The summed E-state index contributed by atoms with van der Waals surface area (Å²) in [5, 5.41) is 0. The zero-order valence-corrected chi connectivity index (χ0v) is 9.62. The lowest BCUT2D eigenvalue weighted by Gasteiger charge is -2.29. The summed E-state index contributed by atoms with van der Waals surface area (Å²) in [5.41, 5.74) is 8.89. The van der Waals surface area contributed by atoms with Crippen LogP contribution >= 0.6 is 0 Å². The van der Waals surface area contributed by atoms with Gasteiger partial charge in [0.25, 0.3) is 0 Å². The second kappa shape index (κ2) is 4.04. The highest BCUT2D eigenvalue weighted by Crippen LogP contribution is 2.31. The summed E-state index contributed by atoms with van der Waals surface area (Å²) in [6.07, 6.45) is 0.804. The van der Waals surface area contributed by atoms with Gasteiger partial charge < -0.3 is 15.4 Å². The number of carbonyl (C=O) groups excluding carboxylic acids is 1. The van der Waals surface area contributed by atoms with Gasteiger partial charge in [-0.2, -0.15) is 0 Å². The fourth-order valence-electron chi connectivity index (χ4n) is 2.13. The summed E-state index contributed by atoms with van der Waals surface area (Å²) in [7, 11) is 1.64. The van der Waals surface area contributed by atoms with E-state index in [9.17, 15) is 4.79 Å². The molecule has 1 aromatic rings. The topological polar surface area (TPSA) is 55.6 Å². The monoisotopic (exact) mass is 220 g/mol. The molecule has 1 aliphatic rings. The fraction of sp³-hybridized carbons (Fsp3) is 0.417. The predicted octanol–water partition coefficient (Wildman–Crippen LogP) is 1.18. The molecule has 0 saturated carbocycles. The molecule has 1 heterocycles. The highest BCUT2D eigenvalue weighted by atomic mass is 16.5. The lowest BCUT2D eigenvalue weighted by atomic mass is 9.97. The van der Waals surface area contributed by atoms with Gasteiger partial charge in [0.1, 0.15) is 5.75 Å². The molecule has 1 aromatic carbocycles. The minimum absolute atomic E-state index is 0.0927. The van der Waals surface area contributed by atoms with Gasteiger partial charge in [-0.25, -0.2) is 0 Å². The van der Waals surface area contributed by atoms with Crippen LogP contribution in [0.5, 0.6) is 5.75 Å². The molecule has 0 unspecified atom stereocenters. The molecule has 1 aliphatic heterocycles. The normalized spacial score (nSPS) is 14.5. The van der Waals surface area contributed by atoms with Crippen molar-refractivity contribution in [1.29, 1.82) is 0 Å².